The summed E-state index contributed by atoms with van der Waals surface area (Å²) in [6.07, 6.45) is 0.814. The van der Waals surface area contributed by atoms with E-state index in [1.807, 2.05) is 39.0 Å². The van der Waals surface area contributed by atoms with Gasteiger partial charge in [-0.3, -0.25) is 4.79 Å². The highest BCUT2D eigenvalue weighted by Crippen LogP contribution is 2.22. The molecule has 1 aromatic rings. The van der Waals surface area contributed by atoms with Gasteiger partial charge >= 0.3 is 0 Å². The second-order valence-electron chi connectivity index (χ2n) is 5.87. The lowest BCUT2D eigenvalue weighted by molar-refractivity contribution is -0.117. The summed E-state index contributed by atoms with van der Waals surface area (Å²) in [5.74, 6) is 1.07. The molecular formula is C16H26N2O2. The first-order valence-corrected chi connectivity index (χ1v) is 7.13. The first kappa shape index (κ1) is 16.5. The summed E-state index contributed by atoms with van der Waals surface area (Å²) in [6, 6.07) is 5.16. The van der Waals surface area contributed by atoms with E-state index >= 15 is 0 Å². The summed E-state index contributed by atoms with van der Waals surface area (Å²) < 4.78 is 5.62. The Kier molecular flexibility index (Phi) is 6.02. The average molecular weight is 278 g/mol. The lowest BCUT2D eigenvalue weighted by Crippen LogP contribution is -2.36. The van der Waals surface area contributed by atoms with Gasteiger partial charge in [-0.25, -0.2) is 0 Å². The third kappa shape index (κ3) is 5.21. The molecule has 0 heterocycles. The highest BCUT2D eigenvalue weighted by Gasteiger charge is 2.16. The lowest BCUT2D eigenvalue weighted by Gasteiger charge is -2.16. The maximum atomic E-state index is 12.0. The van der Waals surface area contributed by atoms with Gasteiger partial charge < -0.3 is 15.8 Å². The van der Waals surface area contributed by atoms with Gasteiger partial charge in [-0.2, -0.15) is 0 Å². The number of rotatable bonds is 6. The highest BCUT2D eigenvalue weighted by atomic mass is 16.5. The van der Waals surface area contributed by atoms with Crippen LogP contribution in [0.3, 0.4) is 0 Å². The van der Waals surface area contributed by atoms with Gasteiger partial charge in [0, 0.05) is 5.69 Å². The fourth-order valence-corrected chi connectivity index (χ4v) is 1.96. The Morgan fingerprint density at radius 3 is 2.45 bits per heavy atom. The molecule has 1 amide bonds. The third-order valence-electron chi connectivity index (χ3n) is 2.89. The van der Waals surface area contributed by atoms with Crippen molar-refractivity contribution in [2.75, 3.05) is 5.32 Å². The minimum atomic E-state index is -0.471. The van der Waals surface area contributed by atoms with Crippen molar-refractivity contribution < 1.29 is 9.53 Å². The largest absolute Gasteiger partial charge is 0.491 e. The molecule has 0 fully saturated rings. The monoisotopic (exact) mass is 278 g/mol. The Bertz CT molecular complexity index is 456. The number of carbonyl (C=O) groups is 1. The number of nitrogens with two attached hydrogens (primary N) is 1. The van der Waals surface area contributed by atoms with E-state index in [1.54, 1.807) is 0 Å². The number of hydrogen-bond acceptors (Lipinski definition) is 3. The normalized spacial score (nSPS) is 12.6. The summed E-state index contributed by atoms with van der Waals surface area (Å²) >= 11 is 0. The number of nitrogens with one attached hydrogen (secondary N) is 1. The summed E-state index contributed by atoms with van der Waals surface area (Å²) in [5, 5.41) is 2.88. The summed E-state index contributed by atoms with van der Waals surface area (Å²) in [6.45, 7) is 10.0. The van der Waals surface area contributed by atoms with Crippen LogP contribution in [0.15, 0.2) is 18.2 Å². The average Bonchev–Trinajstić information content (AvgIpc) is 2.30. The zero-order valence-electron chi connectivity index (χ0n) is 13.1. The number of ether oxygens (including phenoxy) is 1. The van der Waals surface area contributed by atoms with E-state index in [-0.39, 0.29) is 12.0 Å². The van der Waals surface area contributed by atoms with Crippen LogP contribution in [0, 0.1) is 12.8 Å². The maximum Gasteiger partial charge on any atom is 0.241 e. The van der Waals surface area contributed by atoms with E-state index in [0.29, 0.717) is 12.3 Å². The Labute approximate surface area is 121 Å². The van der Waals surface area contributed by atoms with Gasteiger partial charge in [0.15, 0.2) is 0 Å². The minimum absolute atomic E-state index is 0.134. The Morgan fingerprint density at radius 1 is 1.30 bits per heavy atom. The molecule has 0 saturated carbocycles. The third-order valence-corrected chi connectivity index (χ3v) is 2.89. The smallest absolute Gasteiger partial charge is 0.241 e. The number of carbonyl (C=O) groups excluding carboxylic acids is 1. The topological polar surface area (TPSA) is 64.3 Å². The summed E-state index contributed by atoms with van der Waals surface area (Å²) in [4.78, 5) is 12.0. The van der Waals surface area contributed by atoms with Gasteiger partial charge in [-0.1, -0.05) is 13.8 Å². The van der Waals surface area contributed by atoms with E-state index < -0.39 is 6.04 Å². The molecule has 20 heavy (non-hydrogen) atoms. The number of aryl methyl sites for hydroxylation is 1. The van der Waals surface area contributed by atoms with Gasteiger partial charge in [0.2, 0.25) is 5.91 Å². The fraction of sp³-hybridized carbons (Fsp3) is 0.562. The van der Waals surface area contributed by atoms with Gasteiger partial charge in [0.1, 0.15) is 5.75 Å². The molecular weight excluding hydrogens is 252 g/mol. The molecule has 0 saturated heterocycles. The van der Waals surface area contributed by atoms with Crippen molar-refractivity contribution >= 4 is 11.6 Å². The van der Waals surface area contributed by atoms with E-state index in [4.69, 9.17) is 10.5 Å². The highest BCUT2D eigenvalue weighted by molar-refractivity contribution is 5.95. The number of amides is 1. The van der Waals surface area contributed by atoms with Crippen LogP contribution in [-0.4, -0.2) is 18.1 Å². The maximum absolute atomic E-state index is 12.0. The van der Waals surface area contributed by atoms with Crippen LogP contribution in [0.2, 0.25) is 0 Å². The second kappa shape index (κ2) is 7.29. The predicted octanol–water partition coefficient (Wildman–Crippen LogP) is 3.09. The molecule has 4 heteroatoms. The quantitative estimate of drug-likeness (QED) is 0.840. The first-order chi connectivity index (χ1) is 9.29. The number of benzene rings is 1. The molecule has 112 valence electrons. The van der Waals surface area contributed by atoms with Crippen LogP contribution >= 0.6 is 0 Å². The molecule has 0 radical (unpaired) electrons. The van der Waals surface area contributed by atoms with Gasteiger partial charge in [0.05, 0.1) is 12.1 Å². The minimum Gasteiger partial charge on any atom is -0.491 e. The van der Waals surface area contributed by atoms with Crippen LogP contribution in [0.1, 0.15) is 39.7 Å². The van der Waals surface area contributed by atoms with E-state index in [0.717, 1.165) is 17.0 Å². The molecule has 1 unspecified atom stereocenters. The molecule has 1 aromatic carbocycles. The molecule has 3 N–H and O–H groups in total. The van der Waals surface area contributed by atoms with E-state index in [1.165, 1.54) is 0 Å². The standard InChI is InChI=1S/C16H26N2O2/c1-10(2)8-14(17)16(19)18-15-7-6-13(9-12(15)5)20-11(3)4/h6-7,9-11,14H,8,17H2,1-5H3,(H,18,19). The zero-order chi connectivity index (χ0) is 15.3. The SMILES string of the molecule is Cc1cc(OC(C)C)ccc1NC(=O)C(N)CC(C)C. The van der Waals surface area contributed by atoms with Crippen molar-refractivity contribution in [1.82, 2.24) is 0 Å². The number of hydrogen-bond donors (Lipinski definition) is 2. The van der Waals surface area contributed by atoms with Crippen LogP contribution in [-0.2, 0) is 4.79 Å². The molecule has 1 atom stereocenters. The zero-order valence-corrected chi connectivity index (χ0v) is 13.1. The van der Waals surface area contributed by atoms with Crippen LogP contribution in [0.4, 0.5) is 5.69 Å². The van der Waals surface area contributed by atoms with Gasteiger partial charge in [0.25, 0.3) is 0 Å². The second-order valence-corrected chi connectivity index (χ2v) is 5.87. The van der Waals surface area contributed by atoms with Crippen molar-refractivity contribution in [1.29, 1.82) is 0 Å². The lowest BCUT2D eigenvalue weighted by atomic mass is 10.0. The molecule has 1 rings (SSSR count). The Morgan fingerprint density at radius 2 is 1.95 bits per heavy atom. The predicted molar refractivity (Wildman–Crippen MR) is 83.0 cm³/mol. The Hall–Kier alpha value is -1.55. The van der Waals surface area contributed by atoms with Crippen molar-refractivity contribution in [2.24, 2.45) is 11.7 Å². The van der Waals surface area contributed by atoms with Crippen LogP contribution in [0.5, 0.6) is 5.75 Å². The fourth-order valence-electron chi connectivity index (χ4n) is 1.96. The van der Waals surface area contributed by atoms with E-state index in [9.17, 15) is 4.79 Å². The van der Waals surface area contributed by atoms with Crippen LogP contribution in [0.25, 0.3) is 0 Å². The first-order valence-electron chi connectivity index (χ1n) is 7.13. The molecule has 0 aromatic heterocycles. The molecule has 0 spiro atoms. The van der Waals surface area contributed by atoms with Gasteiger partial charge in [-0.15, -0.1) is 0 Å². The summed E-state index contributed by atoms with van der Waals surface area (Å²) in [5.41, 5.74) is 7.62. The molecule has 0 aliphatic carbocycles. The molecule has 0 aliphatic rings. The van der Waals surface area contributed by atoms with Crippen LogP contribution < -0.4 is 15.8 Å². The van der Waals surface area contributed by atoms with Crippen molar-refractivity contribution in [3.63, 3.8) is 0 Å². The summed E-state index contributed by atoms with van der Waals surface area (Å²) in [7, 11) is 0. The van der Waals surface area contributed by atoms with E-state index in [2.05, 4.69) is 19.2 Å². The van der Waals surface area contributed by atoms with Crippen molar-refractivity contribution in [3.8, 4) is 5.75 Å². The molecule has 0 bridgehead atoms. The number of anilines is 1. The van der Waals surface area contributed by atoms with Gasteiger partial charge in [-0.05, 0) is 56.9 Å². The van der Waals surface area contributed by atoms with Crippen molar-refractivity contribution in [2.45, 2.75) is 53.2 Å². The molecule has 4 nitrogen and oxygen atoms in total. The Balaban J connectivity index is 2.71. The van der Waals surface area contributed by atoms with Crippen molar-refractivity contribution in [3.05, 3.63) is 23.8 Å². The molecule has 0 aliphatic heterocycles.